The Bertz CT molecular complexity index is 162. The molecule has 5 heteroatoms. The molecule has 0 saturated carbocycles. The number of halogens is 1. The van der Waals surface area contributed by atoms with Crippen LogP contribution in [0.15, 0.2) is 0 Å². The van der Waals surface area contributed by atoms with Gasteiger partial charge in [-0.15, -0.1) is 12.4 Å². The van der Waals surface area contributed by atoms with Crippen molar-refractivity contribution in [3.8, 4) is 0 Å². The Morgan fingerprint density at radius 1 is 1.47 bits per heavy atom. The molecule has 1 atom stereocenters. The summed E-state index contributed by atoms with van der Waals surface area (Å²) < 4.78 is 5.01. The molecule has 4 nitrogen and oxygen atoms in total. The standard InChI is InChI=1S/C10H22N2O2.ClH/c1-8(2)4-5-12-10(13)6-9(7-11)14-3;/h8-9H,4-7,11H2,1-3H3,(H,12,13);1H. The average molecular weight is 239 g/mol. The van der Waals surface area contributed by atoms with Gasteiger partial charge in [-0.3, -0.25) is 4.79 Å². The summed E-state index contributed by atoms with van der Waals surface area (Å²) in [6.07, 6.45) is 1.20. The van der Waals surface area contributed by atoms with Crippen LogP contribution in [0.5, 0.6) is 0 Å². The molecular formula is C10H23ClN2O2. The Labute approximate surface area is 98.3 Å². The second kappa shape index (κ2) is 10.2. The molecule has 0 spiro atoms. The fourth-order valence-corrected chi connectivity index (χ4v) is 1.04. The van der Waals surface area contributed by atoms with E-state index in [0.29, 0.717) is 18.9 Å². The molecule has 1 unspecified atom stereocenters. The van der Waals surface area contributed by atoms with Crippen LogP contribution in [0.2, 0.25) is 0 Å². The van der Waals surface area contributed by atoms with E-state index in [1.54, 1.807) is 7.11 Å². The highest BCUT2D eigenvalue weighted by molar-refractivity contribution is 5.85. The number of hydrogen-bond acceptors (Lipinski definition) is 3. The molecule has 0 aromatic rings. The molecule has 0 saturated heterocycles. The highest BCUT2D eigenvalue weighted by atomic mass is 35.5. The van der Waals surface area contributed by atoms with Gasteiger partial charge in [0, 0.05) is 20.2 Å². The Balaban J connectivity index is 0. The predicted molar refractivity (Wildman–Crippen MR) is 64.2 cm³/mol. The maximum atomic E-state index is 11.3. The van der Waals surface area contributed by atoms with Gasteiger partial charge in [0.05, 0.1) is 12.5 Å². The highest BCUT2D eigenvalue weighted by Crippen LogP contribution is 1.98. The van der Waals surface area contributed by atoms with Crippen LogP contribution in [0.25, 0.3) is 0 Å². The Kier molecular flexibility index (Phi) is 11.6. The first-order valence-electron chi connectivity index (χ1n) is 5.09. The van der Waals surface area contributed by atoms with E-state index in [1.807, 2.05) is 0 Å². The lowest BCUT2D eigenvalue weighted by molar-refractivity contribution is -0.123. The first-order chi connectivity index (χ1) is 6.60. The molecule has 3 N–H and O–H groups in total. The van der Waals surface area contributed by atoms with Crippen molar-refractivity contribution < 1.29 is 9.53 Å². The van der Waals surface area contributed by atoms with Crippen LogP contribution in [0.4, 0.5) is 0 Å². The van der Waals surface area contributed by atoms with Crippen LogP contribution >= 0.6 is 12.4 Å². The maximum absolute atomic E-state index is 11.3. The summed E-state index contributed by atoms with van der Waals surface area (Å²) in [6, 6.07) is 0. The van der Waals surface area contributed by atoms with Gasteiger partial charge in [-0.1, -0.05) is 13.8 Å². The predicted octanol–water partition coefficient (Wildman–Crippen LogP) is 0.934. The van der Waals surface area contributed by atoms with Crippen molar-refractivity contribution in [1.82, 2.24) is 5.32 Å². The normalized spacial score (nSPS) is 12.1. The van der Waals surface area contributed by atoms with E-state index in [2.05, 4.69) is 19.2 Å². The second-order valence-electron chi connectivity index (χ2n) is 3.83. The van der Waals surface area contributed by atoms with Gasteiger partial charge in [0.15, 0.2) is 0 Å². The van der Waals surface area contributed by atoms with Crippen molar-refractivity contribution in [2.75, 3.05) is 20.2 Å². The molecular weight excluding hydrogens is 216 g/mol. The van der Waals surface area contributed by atoms with Crippen molar-refractivity contribution in [2.24, 2.45) is 11.7 Å². The first-order valence-corrected chi connectivity index (χ1v) is 5.09. The summed E-state index contributed by atoms with van der Waals surface area (Å²) in [6.45, 7) is 5.37. The zero-order valence-electron chi connectivity index (χ0n) is 9.79. The smallest absolute Gasteiger partial charge is 0.222 e. The zero-order chi connectivity index (χ0) is 11.0. The van der Waals surface area contributed by atoms with Crippen molar-refractivity contribution in [3.05, 3.63) is 0 Å². The molecule has 0 aliphatic rings. The van der Waals surface area contributed by atoms with Gasteiger partial charge in [-0.2, -0.15) is 0 Å². The average Bonchev–Trinajstić information content (AvgIpc) is 2.13. The number of methoxy groups -OCH3 is 1. The topological polar surface area (TPSA) is 64.3 Å². The van der Waals surface area contributed by atoms with Crippen molar-refractivity contribution in [1.29, 1.82) is 0 Å². The molecule has 15 heavy (non-hydrogen) atoms. The third-order valence-corrected chi connectivity index (χ3v) is 2.05. The fraction of sp³-hybridized carbons (Fsp3) is 0.900. The van der Waals surface area contributed by atoms with Gasteiger partial charge in [0.2, 0.25) is 5.91 Å². The van der Waals surface area contributed by atoms with Crippen molar-refractivity contribution in [2.45, 2.75) is 32.8 Å². The summed E-state index contributed by atoms with van der Waals surface area (Å²) in [5.41, 5.74) is 5.40. The third-order valence-electron chi connectivity index (χ3n) is 2.05. The minimum absolute atomic E-state index is 0. The van der Waals surface area contributed by atoms with Gasteiger partial charge < -0.3 is 15.8 Å². The maximum Gasteiger partial charge on any atom is 0.222 e. The quantitative estimate of drug-likeness (QED) is 0.694. The van der Waals surface area contributed by atoms with Crippen LogP contribution in [-0.2, 0) is 9.53 Å². The minimum atomic E-state index is -0.158. The van der Waals surface area contributed by atoms with E-state index in [0.717, 1.165) is 13.0 Å². The van der Waals surface area contributed by atoms with E-state index in [-0.39, 0.29) is 24.4 Å². The summed E-state index contributed by atoms with van der Waals surface area (Å²) >= 11 is 0. The number of rotatable bonds is 7. The summed E-state index contributed by atoms with van der Waals surface area (Å²) in [5, 5.41) is 2.84. The number of hydrogen-bond donors (Lipinski definition) is 2. The monoisotopic (exact) mass is 238 g/mol. The van der Waals surface area contributed by atoms with Gasteiger partial charge in [-0.05, 0) is 12.3 Å². The Hall–Kier alpha value is -0.320. The van der Waals surface area contributed by atoms with Gasteiger partial charge >= 0.3 is 0 Å². The van der Waals surface area contributed by atoms with Crippen LogP contribution in [-0.4, -0.2) is 32.2 Å². The number of carbonyl (C=O) groups is 1. The first kappa shape index (κ1) is 17.1. The lowest BCUT2D eigenvalue weighted by Crippen LogP contribution is -2.32. The molecule has 0 heterocycles. The largest absolute Gasteiger partial charge is 0.380 e. The molecule has 0 radical (unpaired) electrons. The van der Waals surface area contributed by atoms with E-state index >= 15 is 0 Å². The van der Waals surface area contributed by atoms with Crippen molar-refractivity contribution in [3.63, 3.8) is 0 Å². The molecule has 0 bridgehead atoms. The van der Waals surface area contributed by atoms with Crippen LogP contribution < -0.4 is 11.1 Å². The van der Waals surface area contributed by atoms with E-state index in [1.165, 1.54) is 0 Å². The molecule has 1 amide bonds. The summed E-state index contributed by atoms with van der Waals surface area (Å²) in [7, 11) is 1.57. The Morgan fingerprint density at radius 2 is 2.07 bits per heavy atom. The number of amides is 1. The molecule has 0 fully saturated rings. The van der Waals surface area contributed by atoms with E-state index in [9.17, 15) is 4.79 Å². The summed E-state index contributed by atoms with van der Waals surface area (Å²) in [4.78, 5) is 11.3. The lowest BCUT2D eigenvalue weighted by Gasteiger charge is -2.12. The number of nitrogens with one attached hydrogen (secondary N) is 1. The third kappa shape index (κ3) is 9.97. The number of nitrogens with two attached hydrogens (primary N) is 1. The lowest BCUT2D eigenvalue weighted by atomic mass is 10.1. The molecule has 0 aromatic carbocycles. The van der Waals surface area contributed by atoms with Gasteiger partial charge in [0.25, 0.3) is 0 Å². The van der Waals surface area contributed by atoms with E-state index < -0.39 is 0 Å². The van der Waals surface area contributed by atoms with Crippen LogP contribution in [0.1, 0.15) is 26.7 Å². The number of ether oxygens (including phenoxy) is 1. The molecule has 0 aliphatic carbocycles. The molecule has 0 aromatic heterocycles. The van der Waals surface area contributed by atoms with Crippen LogP contribution in [0, 0.1) is 5.92 Å². The fourth-order valence-electron chi connectivity index (χ4n) is 1.04. The zero-order valence-corrected chi connectivity index (χ0v) is 10.6. The van der Waals surface area contributed by atoms with E-state index in [4.69, 9.17) is 10.5 Å². The number of carbonyl (C=O) groups excluding carboxylic acids is 1. The molecule has 0 aliphatic heterocycles. The van der Waals surface area contributed by atoms with Gasteiger partial charge in [-0.25, -0.2) is 0 Å². The van der Waals surface area contributed by atoms with Gasteiger partial charge in [0.1, 0.15) is 0 Å². The molecule has 0 rings (SSSR count). The SMILES string of the molecule is COC(CN)CC(=O)NCCC(C)C.Cl. The van der Waals surface area contributed by atoms with Crippen LogP contribution in [0.3, 0.4) is 0 Å². The minimum Gasteiger partial charge on any atom is -0.380 e. The Morgan fingerprint density at radius 3 is 2.47 bits per heavy atom. The summed E-state index contributed by atoms with van der Waals surface area (Å²) in [5.74, 6) is 0.631. The van der Waals surface area contributed by atoms with Crippen molar-refractivity contribution >= 4 is 18.3 Å². The molecule has 92 valence electrons. The highest BCUT2D eigenvalue weighted by Gasteiger charge is 2.10. The second-order valence-corrected chi connectivity index (χ2v) is 3.83.